The Morgan fingerprint density at radius 3 is 0.848 bits per heavy atom. The van der Waals surface area contributed by atoms with E-state index in [-0.39, 0.29) is 44.0 Å². The molecule has 0 rings (SSSR count). The number of rotatable bonds is 55. The highest BCUT2D eigenvalue weighted by Gasteiger charge is 2.19. The van der Waals surface area contributed by atoms with Crippen LogP contribution in [0.4, 0.5) is 0 Å². The Kier molecular flexibility index (Phi) is 61.0. The summed E-state index contributed by atoms with van der Waals surface area (Å²) in [5.74, 6) is -1.05. The maximum absolute atomic E-state index is 12.9. The van der Waals surface area contributed by atoms with E-state index in [4.69, 9.17) is 14.2 Å². The van der Waals surface area contributed by atoms with Crippen LogP contribution in [0.5, 0.6) is 0 Å². The molecule has 0 radical (unpaired) electrons. The van der Waals surface area contributed by atoms with Crippen LogP contribution in [0.2, 0.25) is 0 Å². The first-order chi connectivity index (χ1) is 39.0. The van der Waals surface area contributed by atoms with Gasteiger partial charge in [0.2, 0.25) is 0 Å². The number of ether oxygens (including phenoxy) is 3. The maximum Gasteiger partial charge on any atom is 0.306 e. The molecule has 1 atom stereocenters. The molecular formula is C73H114O6. The lowest BCUT2D eigenvalue weighted by Crippen LogP contribution is -2.30. The van der Waals surface area contributed by atoms with Crippen LogP contribution >= 0.6 is 0 Å². The van der Waals surface area contributed by atoms with E-state index in [1.165, 1.54) is 77.0 Å². The van der Waals surface area contributed by atoms with Gasteiger partial charge in [-0.2, -0.15) is 0 Å². The Labute approximate surface area is 485 Å². The molecule has 0 amide bonds. The van der Waals surface area contributed by atoms with Gasteiger partial charge in [0.15, 0.2) is 6.10 Å². The summed E-state index contributed by atoms with van der Waals surface area (Å²) in [7, 11) is 0. The van der Waals surface area contributed by atoms with Crippen molar-refractivity contribution in [3.8, 4) is 0 Å². The summed E-state index contributed by atoms with van der Waals surface area (Å²) in [4.78, 5) is 38.2. The lowest BCUT2D eigenvalue weighted by Gasteiger charge is -2.18. The van der Waals surface area contributed by atoms with E-state index < -0.39 is 6.10 Å². The molecule has 6 nitrogen and oxygen atoms in total. The Hall–Kier alpha value is -5.23. The minimum atomic E-state index is -0.831. The molecule has 0 aromatic heterocycles. The molecule has 0 fully saturated rings. The summed E-state index contributed by atoms with van der Waals surface area (Å²) in [6, 6.07) is 0. The monoisotopic (exact) mass is 1090 g/mol. The third-order valence-corrected chi connectivity index (χ3v) is 12.7. The molecule has 0 aliphatic carbocycles. The third kappa shape index (κ3) is 63.5. The normalized spacial score (nSPS) is 13.3. The highest BCUT2D eigenvalue weighted by molar-refractivity contribution is 5.71. The van der Waals surface area contributed by atoms with Crippen LogP contribution in [0.15, 0.2) is 170 Å². The molecule has 0 N–H and O–H groups in total. The molecule has 0 aliphatic heterocycles. The van der Waals surface area contributed by atoms with E-state index in [1.807, 2.05) is 12.2 Å². The van der Waals surface area contributed by atoms with Crippen LogP contribution in [0, 0.1) is 0 Å². The van der Waals surface area contributed by atoms with Crippen LogP contribution in [0.1, 0.15) is 252 Å². The van der Waals surface area contributed by atoms with E-state index >= 15 is 0 Å². The van der Waals surface area contributed by atoms with Crippen molar-refractivity contribution in [3.63, 3.8) is 0 Å². The van der Waals surface area contributed by atoms with Crippen LogP contribution in [-0.4, -0.2) is 37.2 Å². The quantitative estimate of drug-likeness (QED) is 0.0261. The molecule has 1 unspecified atom stereocenters. The molecule has 0 saturated heterocycles. The first-order valence-corrected chi connectivity index (χ1v) is 31.6. The summed E-state index contributed by atoms with van der Waals surface area (Å²) in [6.45, 7) is 6.30. The second kappa shape index (κ2) is 65.3. The van der Waals surface area contributed by atoms with E-state index in [1.54, 1.807) is 0 Å². The van der Waals surface area contributed by atoms with Crippen LogP contribution in [0.25, 0.3) is 0 Å². The van der Waals surface area contributed by atoms with Gasteiger partial charge in [-0.3, -0.25) is 14.4 Å². The van der Waals surface area contributed by atoms with Gasteiger partial charge in [-0.15, -0.1) is 0 Å². The predicted molar refractivity (Wildman–Crippen MR) is 343 cm³/mol. The highest BCUT2D eigenvalue weighted by Crippen LogP contribution is 2.15. The van der Waals surface area contributed by atoms with E-state index in [2.05, 4.69) is 179 Å². The molecular weight excluding hydrogens is 973 g/mol. The minimum absolute atomic E-state index is 0.128. The van der Waals surface area contributed by atoms with Gasteiger partial charge in [-0.25, -0.2) is 0 Å². The van der Waals surface area contributed by atoms with E-state index in [9.17, 15) is 14.4 Å². The standard InChI is InChI=1S/C73H114O6/c1-4-7-10-13-16-19-22-25-27-28-29-30-31-32-33-34-35-36-37-38-39-40-41-42-43-44-46-48-51-54-57-60-63-66-72(75)78-69-70(68-77-71(74)65-62-59-56-53-50-47-24-21-18-15-12-9-6-3)79-73(76)67-64-61-58-55-52-49-45-26-23-20-17-14-11-8-5-2/h7,9-10,12,16,18-19,21,25,27,29-30,32-33,35-36,38-39,41-42,44,46-47,50-51,54,56,59,70H,4-6,8,11,13-15,17,20,22-24,26,28,31,34,37,40,43,45,48-49,52-53,55,57-58,60-69H2,1-3H3/b10-7-,12-9-,19-16-,21-18-,27-25-,30-29-,33-32-,36-35-,39-38-,42-41-,46-44-,50-47-,54-51-,59-56-. The first kappa shape index (κ1) is 73.8. The fourth-order valence-electron chi connectivity index (χ4n) is 8.07. The Bertz CT molecular complexity index is 1820. The number of carbonyl (C=O) groups is 3. The zero-order valence-electron chi connectivity index (χ0n) is 50.6. The molecule has 0 aliphatic rings. The maximum atomic E-state index is 12.9. The Balaban J connectivity index is 4.42. The van der Waals surface area contributed by atoms with Crippen molar-refractivity contribution in [1.82, 2.24) is 0 Å². The van der Waals surface area contributed by atoms with Gasteiger partial charge in [0.25, 0.3) is 0 Å². The number of allylic oxidation sites excluding steroid dienone is 28. The fourth-order valence-corrected chi connectivity index (χ4v) is 8.07. The van der Waals surface area contributed by atoms with E-state index in [0.29, 0.717) is 19.3 Å². The molecule has 0 heterocycles. The lowest BCUT2D eigenvalue weighted by molar-refractivity contribution is -0.166. The van der Waals surface area contributed by atoms with Gasteiger partial charge in [0.1, 0.15) is 13.2 Å². The molecule has 0 bridgehead atoms. The SMILES string of the molecule is CC/C=C\C/C=C\C/C=C\C/C=C\C/C=C\C/C=C\C/C=C\C/C=C\C/C=C\C/C=C\CCCCC(=O)OCC(COC(=O)CC/C=C\C/C=C\C/C=C\C/C=C\CC)OC(=O)CCCCCCCCCCCCCCCCC. The van der Waals surface area contributed by atoms with Crippen molar-refractivity contribution in [2.75, 3.05) is 13.2 Å². The average molecular weight is 1090 g/mol. The van der Waals surface area contributed by atoms with Gasteiger partial charge in [-0.1, -0.05) is 281 Å². The van der Waals surface area contributed by atoms with Gasteiger partial charge in [-0.05, 0) is 122 Å². The number of carbonyl (C=O) groups excluding carboxylic acids is 3. The summed E-state index contributed by atoms with van der Waals surface area (Å²) < 4.78 is 16.8. The second-order valence-corrected chi connectivity index (χ2v) is 20.2. The van der Waals surface area contributed by atoms with Crippen molar-refractivity contribution in [3.05, 3.63) is 170 Å². The molecule has 0 saturated carbocycles. The number of hydrogen-bond acceptors (Lipinski definition) is 6. The summed E-state index contributed by atoms with van der Waals surface area (Å²) in [5, 5.41) is 0. The number of unbranched alkanes of at least 4 members (excludes halogenated alkanes) is 16. The third-order valence-electron chi connectivity index (χ3n) is 12.7. The first-order valence-electron chi connectivity index (χ1n) is 31.6. The van der Waals surface area contributed by atoms with Crippen molar-refractivity contribution in [2.45, 2.75) is 258 Å². The molecule has 0 spiro atoms. The predicted octanol–water partition coefficient (Wildman–Crippen LogP) is 21.9. The smallest absolute Gasteiger partial charge is 0.306 e. The van der Waals surface area contributed by atoms with Crippen LogP contribution < -0.4 is 0 Å². The molecule has 79 heavy (non-hydrogen) atoms. The fraction of sp³-hybridized carbons (Fsp3) is 0.575. The largest absolute Gasteiger partial charge is 0.462 e. The molecule has 6 heteroatoms. The zero-order chi connectivity index (χ0) is 57.1. The topological polar surface area (TPSA) is 78.9 Å². The summed E-state index contributed by atoms with van der Waals surface area (Å²) >= 11 is 0. The van der Waals surface area contributed by atoms with Crippen LogP contribution in [-0.2, 0) is 28.6 Å². The van der Waals surface area contributed by atoms with Crippen molar-refractivity contribution in [1.29, 1.82) is 0 Å². The minimum Gasteiger partial charge on any atom is -0.462 e. The average Bonchev–Trinajstić information content (AvgIpc) is 3.45. The molecule has 0 aromatic rings. The summed E-state index contributed by atoms with van der Waals surface area (Å²) in [6.07, 6.45) is 96.7. The van der Waals surface area contributed by atoms with Crippen LogP contribution in [0.3, 0.4) is 0 Å². The van der Waals surface area contributed by atoms with Crippen molar-refractivity contribution < 1.29 is 28.6 Å². The van der Waals surface area contributed by atoms with Gasteiger partial charge < -0.3 is 14.2 Å². The Morgan fingerprint density at radius 2 is 0.519 bits per heavy atom. The van der Waals surface area contributed by atoms with Crippen molar-refractivity contribution in [2.24, 2.45) is 0 Å². The zero-order valence-corrected chi connectivity index (χ0v) is 50.6. The molecule has 442 valence electrons. The summed E-state index contributed by atoms with van der Waals surface area (Å²) in [5.41, 5.74) is 0. The van der Waals surface area contributed by atoms with E-state index in [0.717, 1.165) is 122 Å². The second-order valence-electron chi connectivity index (χ2n) is 20.2. The Morgan fingerprint density at radius 1 is 0.266 bits per heavy atom. The van der Waals surface area contributed by atoms with Gasteiger partial charge in [0, 0.05) is 19.3 Å². The molecule has 0 aromatic carbocycles. The van der Waals surface area contributed by atoms with Gasteiger partial charge >= 0.3 is 17.9 Å². The number of esters is 3. The number of hydrogen-bond donors (Lipinski definition) is 0. The highest BCUT2D eigenvalue weighted by atomic mass is 16.6. The van der Waals surface area contributed by atoms with Gasteiger partial charge in [0.05, 0.1) is 0 Å². The lowest BCUT2D eigenvalue weighted by atomic mass is 10.0. The van der Waals surface area contributed by atoms with Crippen molar-refractivity contribution >= 4 is 17.9 Å².